The number of carbonyl (C=O) groups is 2. The zero-order valence-electron chi connectivity index (χ0n) is 15.7. The van der Waals surface area contributed by atoms with Crippen LogP contribution in [0, 0.1) is 25.5 Å². The van der Waals surface area contributed by atoms with E-state index in [-0.39, 0.29) is 25.1 Å². The van der Waals surface area contributed by atoms with Crippen LogP contribution in [0.15, 0.2) is 18.2 Å². The highest BCUT2D eigenvalue weighted by molar-refractivity contribution is 7.16. The number of hydrogen-bond donors (Lipinski definition) is 2. The second kappa shape index (κ2) is 9.05. The lowest BCUT2D eigenvalue weighted by Crippen LogP contribution is -2.86. The second-order valence-corrected chi connectivity index (χ2v) is 7.38. The van der Waals surface area contributed by atoms with Crippen molar-refractivity contribution in [3.8, 4) is 0 Å². The van der Waals surface area contributed by atoms with Crippen LogP contribution in [-0.2, 0) is 9.53 Å². The summed E-state index contributed by atoms with van der Waals surface area (Å²) in [6.07, 6.45) is 0. The summed E-state index contributed by atoms with van der Waals surface area (Å²) in [5, 5.41) is 4.92. The molecule has 0 fully saturated rings. The summed E-state index contributed by atoms with van der Waals surface area (Å²) in [6, 6.07) is 3.45. The van der Waals surface area contributed by atoms with E-state index in [1.54, 1.807) is 19.2 Å². The minimum absolute atomic E-state index is 0.0679. The number of anilines is 1. The number of rotatable bonds is 7. The molecular weight excluding hydrogens is 374 g/mol. The molecule has 1 heterocycles. The first-order valence-corrected chi connectivity index (χ1v) is 9.41. The van der Waals surface area contributed by atoms with Crippen LogP contribution in [-0.4, -0.2) is 25.0 Å². The lowest BCUT2D eigenvalue weighted by atomic mass is 10.1. The fourth-order valence-electron chi connectivity index (χ4n) is 2.56. The summed E-state index contributed by atoms with van der Waals surface area (Å²) in [6.45, 7) is 7.52. The van der Waals surface area contributed by atoms with Crippen LogP contribution in [0.3, 0.4) is 0 Å². The Hall–Kier alpha value is -2.32. The molecule has 3 N–H and O–H groups in total. The molecule has 0 radical (unpaired) electrons. The number of esters is 1. The molecule has 0 aliphatic rings. The van der Waals surface area contributed by atoms with Gasteiger partial charge < -0.3 is 15.4 Å². The Balaban J connectivity index is 2.02. The molecular formula is C19H23F2N2O3S+. The van der Waals surface area contributed by atoms with Crippen molar-refractivity contribution in [2.75, 3.05) is 18.5 Å². The van der Waals surface area contributed by atoms with Crippen LogP contribution in [0.25, 0.3) is 0 Å². The smallest absolute Gasteiger partial charge is 0.341 e. The van der Waals surface area contributed by atoms with E-state index >= 15 is 0 Å². The van der Waals surface area contributed by atoms with Gasteiger partial charge in [0.15, 0.2) is 18.2 Å². The van der Waals surface area contributed by atoms with Crippen LogP contribution in [0.5, 0.6) is 0 Å². The molecule has 1 aromatic carbocycles. The first-order chi connectivity index (χ1) is 12.7. The van der Waals surface area contributed by atoms with Crippen molar-refractivity contribution in [1.29, 1.82) is 0 Å². The molecule has 2 aromatic rings. The molecule has 1 atom stereocenters. The Kier molecular flexibility index (Phi) is 7.04. The van der Waals surface area contributed by atoms with Crippen molar-refractivity contribution in [2.24, 2.45) is 0 Å². The summed E-state index contributed by atoms with van der Waals surface area (Å²) in [5.41, 5.74) is 1.74. The normalized spacial score (nSPS) is 11.9. The third-order valence-electron chi connectivity index (χ3n) is 4.24. The van der Waals surface area contributed by atoms with Crippen LogP contribution in [0.2, 0.25) is 0 Å². The van der Waals surface area contributed by atoms with Gasteiger partial charge in [-0.1, -0.05) is 0 Å². The number of halogens is 2. The van der Waals surface area contributed by atoms with E-state index in [2.05, 4.69) is 5.32 Å². The predicted octanol–water partition coefficient (Wildman–Crippen LogP) is 3.08. The summed E-state index contributed by atoms with van der Waals surface area (Å²) in [5.74, 6) is -2.58. The van der Waals surface area contributed by atoms with Gasteiger partial charge in [0.25, 0.3) is 5.91 Å². The monoisotopic (exact) mass is 397 g/mol. The van der Waals surface area contributed by atoms with Crippen LogP contribution in [0.4, 0.5) is 13.8 Å². The van der Waals surface area contributed by atoms with Crippen molar-refractivity contribution in [2.45, 2.75) is 33.7 Å². The number of hydrogen-bond acceptors (Lipinski definition) is 4. The SMILES string of the molecule is CCOC(=O)c1c(NC(=O)C[NH2+][C@@H](C)c2ccc(F)c(F)c2)sc(C)c1C. The Morgan fingerprint density at radius 3 is 2.59 bits per heavy atom. The Morgan fingerprint density at radius 2 is 1.96 bits per heavy atom. The van der Waals surface area contributed by atoms with Gasteiger partial charge in [0, 0.05) is 10.4 Å². The molecule has 0 saturated carbocycles. The number of nitrogens with one attached hydrogen (secondary N) is 1. The van der Waals surface area contributed by atoms with Crippen LogP contribution < -0.4 is 10.6 Å². The van der Waals surface area contributed by atoms with E-state index < -0.39 is 17.6 Å². The number of amides is 1. The first-order valence-electron chi connectivity index (χ1n) is 8.59. The predicted molar refractivity (Wildman–Crippen MR) is 99.9 cm³/mol. The van der Waals surface area contributed by atoms with Gasteiger partial charge in [-0.25, -0.2) is 13.6 Å². The van der Waals surface area contributed by atoms with Gasteiger partial charge in [0.05, 0.1) is 12.2 Å². The molecule has 146 valence electrons. The zero-order chi connectivity index (χ0) is 20.1. The molecule has 2 rings (SSSR count). The zero-order valence-corrected chi connectivity index (χ0v) is 16.5. The van der Waals surface area contributed by atoms with Crippen LogP contribution in [0.1, 0.15) is 46.3 Å². The highest BCUT2D eigenvalue weighted by atomic mass is 32.1. The van der Waals surface area contributed by atoms with Gasteiger partial charge >= 0.3 is 5.97 Å². The number of benzene rings is 1. The number of quaternary nitrogens is 1. The van der Waals surface area contributed by atoms with Gasteiger partial charge in [-0.3, -0.25) is 4.79 Å². The van der Waals surface area contributed by atoms with Crippen molar-refractivity contribution in [1.82, 2.24) is 0 Å². The van der Waals surface area contributed by atoms with Gasteiger partial charge in [0.2, 0.25) is 0 Å². The molecule has 1 amide bonds. The van der Waals surface area contributed by atoms with Gasteiger partial charge in [-0.15, -0.1) is 11.3 Å². The Bertz CT molecular complexity index is 852. The van der Waals surface area contributed by atoms with Gasteiger partial charge in [-0.2, -0.15) is 0 Å². The van der Waals surface area contributed by atoms with E-state index in [0.29, 0.717) is 16.1 Å². The van der Waals surface area contributed by atoms with Crippen molar-refractivity contribution in [3.05, 3.63) is 51.4 Å². The van der Waals surface area contributed by atoms with Crippen molar-refractivity contribution in [3.63, 3.8) is 0 Å². The Labute approximate surface area is 160 Å². The largest absolute Gasteiger partial charge is 0.462 e. The minimum Gasteiger partial charge on any atom is -0.462 e. The summed E-state index contributed by atoms with van der Waals surface area (Å²) in [7, 11) is 0. The first kappa shape index (κ1) is 21.0. The molecule has 0 unspecified atom stereocenters. The van der Waals surface area contributed by atoms with Gasteiger partial charge in [-0.05, 0) is 51.5 Å². The minimum atomic E-state index is -0.916. The van der Waals surface area contributed by atoms with Crippen molar-refractivity contribution < 1.29 is 28.4 Å². The number of aryl methyl sites for hydroxylation is 1. The lowest BCUT2D eigenvalue weighted by Gasteiger charge is -2.12. The molecule has 8 heteroatoms. The van der Waals surface area contributed by atoms with E-state index in [1.807, 2.05) is 13.8 Å². The number of ether oxygens (including phenoxy) is 1. The fourth-order valence-corrected chi connectivity index (χ4v) is 3.62. The average Bonchev–Trinajstić information content (AvgIpc) is 2.89. The molecule has 0 bridgehead atoms. The fraction of sp³-hybridized carbons (Fsp3) is 0.368. The molecule has 5 nitrogen and oxygen atoms in total. The van der Waals surface area contributed by atoms with Crippen LogP contribution >= 0.6 is 11.3 Å². The maximum atomic E-state index is 13.3. The number of carbonyl (C=O) groups excluding carboxylic acids is 2. The molecule has 27 heavy (non-hydrogen) atoms. The summed E-state index contributed by atoms with van der Waals surface area (Å²) >= 11 is 1.32. The topological polar surface area (TPSA) is 72.0 Å². The summed E-state index contributed by atoms with van der Waals surface area (Å²) < 4.78 is 31.4. The maximum absolute atomic E-state index is 13.3. The quantitative estimate of drug-likeness (QED) is 0.706. The molecule has 0 aliphatic heterocycles. The van der Waals surface area contributed by atoms with E-state index in [0.717, 1.165) is 22.6 Å². The van der Waals surface area contributed by atoms with E-state index in [1.165, 1.54) is 17.4 Å². The third kappa shape index (κ3) is 5.11. The van der Waals surface area contributed by atoms with E-state index in [4.69, 9.17) is 4.74 Å². The average molecular weight is 397 g/mol. The highest BCUT2D eigenvalue weighted by Gasteiger charge is 2.23. The van der Waals surface area contributed by atoms with E-state index in [9.17, 15) is 18.4 Å². The third-order valence-corrected chi connectivity index (χ3v) is 5.37. The number of nitrogens with two attached hydrogens (primary N) is 1. The van der Waals surface area contributed by atoms with Gasteiger partial charge in [0.1, 0.15) is 11.0 Å². The maximum Gasteiger partial charge on any atom is 0.341 e. The lowest BCUT2D eigenvalue weighted by molar-refractivity contribution is -0.682. The molecule has 0 aliphatic carbocycles. The Morgan fingerprint density at radius 1 is 1.26 bits per heavy atom. The molecule has 1 aromatic heterocycles. The second-order valence-electron chi connectivity index (χ2n) is 6.16. The highest BCUT2D eigenvalue weighted by Crippen LogP contribution is 2.32. The summed E-state index contributed by atoms with van der Waals surface area (Å²) in [4.78, 5) is 25.4. The molecule has 0 saturated heterocycles. The molecule has 0 spiro atoms. The van der Waals surface area contributed by atoms with Crippen molar-refractivity contribution >= 4 is 28.2 Å². The standard InChI is InChI=1S/C19H22F2N2O3S/c1-5-26-19(25)17-10(2)12(4)27-18(17)23-16(24)9-22-11(3)13-6-7-14(20)15(21)8-13/h6-8,11,22H,5,9H2,1-4H3,(H,23,24)/p+1/t11-/m0/s1. The number of thiophene rings is 1.